The summed E-state index contributed by atoms with van der Waals surface area (Å²) in [4.78, 5) is 11.8. The van der Waals surface area contributed by atoms with Crippen molar-refractivity contribution in [3.05, 3.63) is 29.3 Å². The Morgan fingerprint density at radius 3 is 2.76 bits per heavy atom. The molecule has 1 aromatic rings. The Labute approximate surface area is 113 Å². The summed E-state index contributed by atoms with van der Waals surface area (Å²) in [6.45, 7) is 0. The topological polar surface area (TPSA) is 57.5 Å². The molecule has 0 aliphatic carbocycles. The van der Waals surface area contributed by atoms with E-state index in [2.05, 4.69) is 15.9 Å². The van der Waals surface area contributed by atoms with Crippen molar-refractivity contribution in [2.75, 3.05) is 11.6 Å². The number of carboxylic acid groups (broad SMARTS) is 1. The lowest BCUT2D eigenvalue weighted by atomic mass is 9.99. The van der Waals surface area contributed by atoms with E-state index in [0.29, 0.717) is 5.56 Å². The van der Waals surface area contributed by atoms with Crippen LogP contribution in [0.25, 0.3) is 0 Å². The molecule has 3 nitrogen and oxygen atoms in total. The van der Waals surface area contributed by atoms with Gasteiger partial charge in [-0.3, -0.25) is 0 Å². The SMILES string of the molecule is CSc1cccc(CCCBr)c1C(O)C(=O)O. The highest BCUT2D eigenvalue weighted by molar-refractivity contribution is 9.09. The Bertz CT molecular complexity index is 395. The minimum Gasteiger partial charge on any atom is -0.479 e. The Morgan fingerprint density at radius 2 is 2.24 bits per heavy atom. The number of carbonyl (C=O) groups is 1. The van der Waals surface area contributed by atoms with Crippen molar-refractivity contribution in [3.63, 3.8) is 0 Å². The van der Waals surface area contributed by atoms with Gasteiger partial charge in [-0.1, -0.05) is 28.1 Å². The van der Waals surface area contributed by atoms with Gasteiger partial charge in [0.15, 0.2) is 6.10 Å². The second-order valence-corrected chi connectivity index (χ2v) is 5.21. The Kier molecular flexibility index (Phi) is 6.02. The third-order valence-electron chi connectivity index (χ3n) is 2.46. The van der Waals surface area contributed by atoms with Crippen LogP contribution in [0.2, 0.25) is 0 Å². The van der Waals surface area contributed by atoms with Crippen LogP contribution in [0.3, 0.4) is 0 Å². The molecular formula is C12H15BrO3S. The number of aliphatic carboxylic acids is 1. The van der Waals surface area contributed by atoms with Gasteiger partial charge in [-0.15, -0.1) is 11.8 Å². The van der Waals surface area contributed by atoms with Crippen molar-refractivity contribution in [3.8, 4) is 0 Å². The molecule has 1 aromatic carbocycles. The lowest BCUT2D eigenvalue weighted by Gasteiger charge is -2.15. The molecule has 0 bridgehead atoms. The predicted molar refractivity (Wildman–Crippen MR) is 72.9 cm³/mol. The Hall–Kier alpha value is -0.520. The fraction of sp³-hybridized carbons (Fsp3) is 0.417. The van der Waals surface area contributed by atoms with Crippen LogP contribution in [0.5, 0.6) is 0 Å². The average Bonchev–Trinajstić information content (AvgIpc) is 2.34. The summed E-state index contributed by atoms with van der Waals surface area (Å²) in [5, 5.41) is 19.6. The first-order valence-electron chi connectivity index (χ1n) is 5.24. The van der Waals surface area contributed by atoms with Crippen molar-refractivity contribution < 1.29 is 15.0 Å². The quantitative estimate of drug-likeness (QED) is 0.625. The van der Waals surface area contributed by atoms with Gasteiger partial charge in [-0.25, -0.2) is 4.79 Å². The second kappa shape index (κ2) is 7.03. The molecule has 0 saturated heterocycles. The number of aryl methyl sites for hydroxylation is 1. The maximum atomic E-state index is 10.9. The summed E-state index contributed by atoms with van der Waals surface area (Å²) in [5.74, 6) is -1.20. The summed E-state index contributed by atoms with van der Waals surface area (Å²) < 4.78 is 0. The number of hydrogen-bond donors (Lipinski definition) is 2. The van der Waals surface area contributed by atoms with E-state index in [0.717, 1.165) is 28.6 Å². The number of thioether (sulfide) groups is 1. The summed E-state index contributed by atoms with van der Waals surface area (Å²) in [6.07, 6.45) is 2.11. The maximum Gasteiger partial charge on any atom is 0.337 e. The van der Waals surface area contributed by atoms with Crippen molar-refractivity contribution in [1.82, 2.24) is 0 Å². The van der Waals surface area contributed by atoms with Crippen LogP contribution in [-0.4, -0.2) is 27.8 Å². The Morgan fingerprint density at radius 1 is 1.53 bits per heavy atom. The molecule has 0 amide bonds. The molecule has 5 heteroatoms. The number of benzene rings is 1. The van der Waals surface area contributed by atoms with E-state index in [4.69, 9.17) is 5.11 Å². The van der Waals surface area contributed by atoms with E-state index < -0.39 is 12.1 Å². The summed E-state index contributed by atoms with van der Waals surface area (Å²) in [5.41, 5.74) is 1.44. The van der Waals surface area contributed by atoms with Crippen LogP contribution in [0.4, 0.5) is 0 Å². The van der Waals surface area contributed by atoms with Crippen LogP contribution < -0.4 is 0 Å². The highest BCUT2D eigenvalue weighted by Crippen LogP contribution is 2.30. The van der Waals surface area contributed by atoms with Crippen molar-refractivity contribution in [2.45, 2.75) is 23.8 Å². The van der Waals surface area contributed by atoms with E-state index in [9.17, 15) is 9.90 Å². The van der Waals surface area contributed by atoms with Gasteiger partial charge < -0.3 is 10.2 Å². The molecule has 2 N–H and O–H groups in total. The second-order valence-electron chi connectivity index (χ2n) is 3.57. The lowest BCUT2D eigenvalue weighted by molar-refractivity contribution is -0.147. The van der Waals surface area contributed by atoms with Gasteiger partial charge in [0, 0.05) is 15.8 Å². The van der Waals surface area contributed by atoms with Crippen LogP contribution in [0.15, 0.2) is 23.1 Å². The van der Waals surface area contributed by atoms with Gasteiger partial charge >= 0.3 is 5.97 Å². The van der Waals surface area contributed by atoms with Gasteiger partial charge in [-0.2, -0.15) is 0 Å². The van der Waals surface area contributed by atoms with Crippen LogP contribution in [0, 0.1) is 0 Å². The molecule has 1 rings (SSSR count). The van der Waals surface area contributed by atoms with E-state index in [1.807, 2.05) is 24.5 Å². The average molecular weight is 319 g/mol. The Balaban J connectivity index is 3.15. The first kappa shape index (κ1) is 14.5. The largest absolute Gasteiger partial charge is 0.479 e. The highest BCUT2D eigenvalue weighted by Gasteiger charge is 2.22. The summed E-state index contributed by atoms with van der Waals surface area (Å²) in [6, 6.07) is 5.61. The number of aliphatic hydroxyl groups excluding tert-OH is 1. The van der Waals surface area contributed by atoms with E-state index in [1.54, 1.807) is 0 Å². The van der Waals surface area contributed by atoms with E-state index in [-0.39, 0.29) is 0 Å². The first-order valence-corrected chi connectivity index (χ1v) is 7.59. The van der Waals surface area contributed by atoms with Gasteiger partial charge in [0.05, 0.1) is 0 Å². The number of hydrogen-bond acceptors (Lipinski definition) is 3. The molecule has 0 fully saturated rings. The molecule has 17 heavy (non-hydrogen) atoms. The fourth-order valence-corrected chi connectivity index (χ4v) is 2.63. The van der Waals surface area contributed by atoms with Crippen molar-refractivity contribution in [1.29, 1.82) is 0 Å². The minimum atomic E-state index is -1.44. The normalized spacial score (nSPS) is 12.4. The van der Waals surface area contributed by atoms with Gasteiger partial charge in [-0.05, 0) is 30.7 Å². The minimum absolute atomic E-state index is 0.536. The molecule has 0 aliphatic heterocycles. The standard InChI is InChI=1S/C12H15BrO3S/c1-17-9-6-2-4-8(5-3-7-13)10(9)11(14)12(15)16/h2,4,6,11,14H,3,5,7H2,1H3,(H,15,16). The zero-order valence-corrected chi connectivity index (χ0v) is 11.9. The van der Waals surface area contributed by atoms with Gasteiger partial charge in [0.1, 0.15) is 0 Å². The van der Waals surface area contributed by atoms with Crippen molar-refractivity contribution >= 4 is 33.7 Å². The third-order valence-corrected chi connectivity index (χ3v) is 3.82. The molecule has 0 saturated carbocycles. The summed E-state index contributed by atoms with van der Waals surface area (Å²) >= 11 is 4.80. The lowest BCUT2D eigenvalue weighted by Crippen LogP contribution is -2.14. The number of alkyl halides is 1. The highest BCUT2D eigenvalue weighted by atomic mass is 79.9. The zero-order valence-electron chi connectivity index (χ0n) is 9.52. The number of aliphatic hydroxyl groups is 1. The molecule has 0 aromatic heterocycles. The molecule has 94 valence electrons. The molecule has 0 heterocycles. The van der Waals surface area contributed by atoms with Crippen LogP contribution in [0.1, 0.15) is 23.7 Å². The predicted octanol–water partition coefficient (Wildman–Crippen LogP) is 2.85. The van der Waals surface area contributed by atoms with Crippen LogP contribution >= 0.6 is 27.7 Å². The smallest absolute Gasteiger partial charge is 0.337 e. The molecule has 0 aliphatic rings. The number of carboxylic acids is 1. The van der Waals surface area contributed by atoms with E-state index >= 15 is 0 Å². The number of rotatable bonds is 6. The van der Waals surface area contributed by atoms with E-state index in [1.165, 1.54) is 11.8 Å². The van der Waals surface area contributed by atoms with Crippen LogP contribution in [-0.2, 0) is 11.2 Å². The maximum absolute atomic E-state index is 10.9. The third kappa shape index (κ3) is 3.72. The zero-order chi connectivity index (χ0) is 12.8. The fourth-order valence-electron chi connectivity index (χ4n) is 1.68. The molecular weight excluding hydrogens is 304 g/mol. The van der Waals surface area contributed by atoms with Gasteiger partial charge in [0.2, 0.25) is 0 Å². The molecule has 0 spiro atoms. The molecule has 1 atom stereocenters. The monoisotopic (exact) mass is 318 g/mol. The molecule has 0 radical (unpaired) electrons. The first-order chi connectivity index (χ1) is 8.11. The number of halogens is 1. The summed E-state index contributed by atoms with van der Waals surface area (Å²) in [7, 11) is 0. The van der Waals surface area contributed by atoms with Crippen molar-refractivity contribution in [2.24, 2.45) is 0 Å². The van der Waals surface area contributed by atoms with Gasteiger partial charge in [0.25, 0.3) is 0 Å². The molecule has 1 unspecified atom stereocenters.